The van der Waals surface area contributed by atoms with E-state index in [4.69, 9.17) is 14.3 Å². The zero-order valence-electron chi connectivity index (χ0n) is 11.5. The highest BCUT2D eigenvalue weighted by Crippen LogP contribution is 2.19. The predicted molar refractivity (Wildman–Crippen MR) is 70.3 cm³/mol. The van der Waals surface area contributed by atoms with E-state index in [0.29, 0.717) is 18.4 Å². The predicted octanol–water partition coefficient (Wildman–Crippen LogP) is 2.29. The average Bonchev–Trinajstić information content (AvgIpc) is 2.73. The molecule has 0 spiro atoms. The molecule has 0 aliphatic carbocycles. The highest BCUT2D eigenvalue weighted by atomic mass is 16.5. The lowest BCUT2D eigenvalue weighted by atomic mass is 10.1. The standard InChI is InChI=1S/C14H21NO4/c1-3-18-11-4-6-15(7-5-11)9-12-8-13(14(16)17)10(2)19-12/h8,11H,3-7,9H2,1-2H3,(H,16,17). The molecule has 5 heteroatoms. The number of carboxylic acid groups (broad SMARTS) is 1. The van der Waals surface area contributed by atoms with Crippen LogP contribution in [0.1, 0.15) is 41.6 Å². The Balaban J connectivity index is 1.89. The summed E-state index contributed by atoms with van der Waals surface area (Å²) in [6, 6.07) is 1.63. The van der Waals surface area contributed by atoms with Gasteiger partial charge >= 0.3 is 5.97 Å². The molecular formula is C14H21NO4. The Morgan fingerprint density at radius 1 is 1.53 bits per heavy atom. The lowest BCUT2D eigenvalue weighted by Gasteiger charge is -2.31. The Kier molecular flexibility index (Phi) is 4.61. The molecule has 19 heavy (non-hydrogen) atoms. The van der Waals surface area contributed by atoms with E-state index in [1.807, 2.05) is 6.92 Å². The first kappa shape index (κ1) is 14.1. The van der Waals surface area contributed by atoms with Crippen LogP contribution in [0.5, 0.6) is 0 Å². The molecule has 5 nitrogen and oxygen atoms in total. The lowest BCUT2D eigenvalue weighted by Crippen LogP contribution is -2.36. The van der Waals surface area contributed by atoms with Crippen LogP contribution < -0.4 is 0 Å². The highest BCUT2D eigenvalue weighted by Gasteiger charge is 2.21. The van der Waals surface area contributed by atoms with Crippen LogP contribution in [0.3, 0.4) is 0 Å². The summed E-state index contributed by atoms with van der Waals surface area (Å²) >= 11 is 0. The summed E-state index contributed by atoms with van der Waals surface area (Å²) in [5.74, 6) is 0.277. The normalized spacial score (nSPS) is 17.8. The molecule has 1 N–H and O–H groups in total. The largest absolute Gasteiger partial charge is 0.478 e. The van der Waals surface area contributed by atoms with Gasteiger partial charge in [0.15, 0.2) is 0 Å². The Morgan fingerprint density at radius 3 is 2.74 bits per heavy atom. The Morgan fingerprint density at radius 2 is 2.21 bits per heavy atom. The maximum atomic E-state index is 11.0. The second-order valence-electron chi connectivity index (χ2n) is 4.92. The van der Waals surface area contributed by atoms with Crippen molar-refractivity contribution in [2.24, 2.45) is 0 Å². The number of likely N-dealkylation sites (tertiary alicyclic amines) is 1. The fraction of sp³-hybridized carbons (Fsp3) is 0.643. The zero-order valence-corrected chi connectivity index (χ0v) is 11.5. The second-order valence-corrected chi connectivity index (χ2v) is 4.92. The van der Waals surface area contributed by atoms with Gasteiger partial charge in [-0.3, -0.25) is 4.90 Å². The van der Waals surface area contributed by atoms with Gasteiger partial charge in [-0.1, -0.05) is 0 Å². The Bertz CT molecular complexity index is 433. The minimum absolute atomic E-state index is 0.263. The van der Waals surface area contributed by atoms with Gasteiger partial charge in [-0.2, -0.15) is 0 Å². The number of aromatic carboxylic acids is 1. The van der Waals surface area contributed by atoms with Gasteiger partial charge in [0.2, 0.25) is 0 Å². The molecule has 2 rings (SSSR count). The van der Waals surface area contributed by atoms with Gasteiger partial charge in [0, 0.05) is 19.7 Å². The molecule has 1 aromatic rings. The van der Waals surface area contributed by atoms with Gasteiger partial charge in [0.1, 0.15) is 17.1 Å². The zero-order chi connectivity index (χ0) is 13.8. The molecular weight excluding hydrogens is 246 g/mol. The van der Waals surface area contributed by atoms with E-state index < -0.39 is 5.97 Å². The van der Waals surface area contributed by atoms with Crippen molar-refractivity contribution in [1.82, 2.24) is 4.90 Å². The molecule has 1 aromatic heterocycles. The summed E-state index contributed by atoms with van der Waals surface area (Å²) in [6.45, 7) is 7.08. The number of nitrogens with zero attached hydrogens (tertiary/aromatic N) is 1. The smallest absolute Gasteiger partial charge is 0.339 e. The van der Waals surface area contributed by atoms with E-state index in [-0.39, 0.29) is 5.56 Å². The first-order valence-electron chi connectivity index (χ1n) is 6.76. The van der Waals surface area contributed by atoms with Crippen molar-refractivity contribution in [2.75, 3.05) is 19.7 Å². The number of carboxylic acids is 1. The third-order valence-electron chi connectivity index (χ3n) is 3.52. The Hall–Kier alpha value is -1.33. The number of ether oxygens (including phenoxy) is 1. The molecule has 0 radical (unpaired) electrons. The fourth-order valence-electron chi connectivity index (χ4n) is 2.52. The molecule has 1 aliphatic heterocycles. The van der Waals surface area contributed by atoms with Crippen LogP contribution in [0.2, 0.25) is 0 Å². The van der Waals surface area contributed by atoms with Crippen LogP contribution in [-0.4, -0.2) is 41.8 Å². The highest BCUT2D eigenvalue weighted by molar-refractivity contribution is 5.88. The van der Waals surface area contributed by atoms with Gasteiger partial charge in [-0.15, -0.1) is 0 Å². The summed E-state index contributed by atoms with van der Waals surface area (Å²) in [6.07, 6.45) is 2.42. The van der Waals surface area contributed by atoms with Gasteiger partial charge in [0.25, 0.3) is 0 Å². The molecule has 0 atom stereocenters. The topological polar surface area (TPSA) is 62.9 Å². The van der Waals surface area contributed by atoms with Crippen molar-refractivity contribution in [3.05, 3.63) is 23.2 Å². The monoisotopic (exact) mass is 267 g/mol. The fourth-order valence-corrected chi connectivity index (χ4v) is 2.52. The van der Waals surface area contributed by atoms with E-state index in [0.717, 1.165) is 38.3 Å². The molecule has 0 amide bonds. The van der Waals surface area contributed by atoms with Crippen LogP contribution >= 0.6 is 0 Å². The van der Waals surface area contributed by atoms with Gasteiger partial charge in [-0.25, -0.2) is 4.79 Å². The van der Waals surface area contributed by atoms with Crippen LogP contribution in [-0.2, 0) is 11.3 Å². The van der Waals surface area contributed by atoms with Crippen molar-refractivity contribution in [3.63, 3.8) is 0 Å². The van der Waals surface area contributed by atoms with Crippen LogP contribution in [0.25, 0.3) is 0 Å². The molecule has 0 saturated carbocycles. The van der Waals surface area contributed by atoms with Crippen LogP contribution in [0.4, 0.5) is 0 Å². The van der Waals surface area contributed by atoms with E-state index in [2.05, 4.69) is 4.90 Å². The molecule has 1 aliphatic rings. The number of rotatable bonds is 5. The number of furan rings is 1. The summed E-state index contributed by atoms with van der Waals surface area (Å²) in [5.41, 5.74) is 0.263. The number of carbonyl (C=O) groups is 1. The van der Waals surface area contributed by atoms with Crippen LogP contribution in [0.15, 0.2) is 10.5 Å². The van der Waals surface area contributed by atoms with Crippen molar-refractivity contribution in [3.8, 4) is 0 Å². The molecule has 2 heterocycles. The van der Waals surface area contributed by atoms with Crippen molar-refractivity contribution in [1.29, 1.82) is 0 Å². The van der Waals surface area contributed by atoms with E-state index in [1.165, 1.54) is 0 Å². The second kappa shape index (κ2) is 6.21. The Labute approximate surface area is 113 Å². The van der Waals surface area contributed by atoms with Crippen LogP contribution in [0, 0.1) is 6.92 Å². The quantitative estimate of drug-likeness (QED) is 0.886. The number of aryl methyl sites for hydroxylation is 1. The third-order valence-corrected chi connectivity index (χ3v) is 3.52. The summed E-state index contributed by atoms with van der Waals surface area (Å²) in [7, 11) is 0. The van der Waals surface area contributed by atoms with Crippen molar-refractivity contribution >= 4 is 5.97 Å². The summed E-state index contributed by atoms with van der Waals surface area (Å²) in [5, 5.41) is 8.99. The number of hydrogen-bond acceptors (Lipinski definition) is 4. The summed E-state index contributed by atoms with van der Waals surface area (Å²) in [4.78, 5) is 13.2. The minimum atomic E-state index is -0.928. The molecule has 106 valence electrons. The number of piperidine rings is 1. The van der Waals surface area contributed by atoms with Gasteiger partial charge in [0.05, 0.1) is 12.6 Å². The molecule has 0 aromatic carbocycles. The lowest BCUT2D eigenvalue weighted by molar-refractivity contribution is 0.0112. The molecule has 1 fully saturated rings. The van der Waals surface area contributed by atoms with E-state index in [1.54, 1.807) is 13.0 Å². The third kappa shape index (κ3) is 3.58. The maximum Gasteiger partial charge on any atom is 0.339 e. The first-order chi connectivity index (χ1) is 9.10. The SMILES string of the molecule is CCOC1CCN(Cc2cc(C(=O)O)c(C)o2)CC1. The summed E-state index contributed by atoms with van der Waals surface area (Å²) < 4.78 is 11.1. The first-order valence-corrected chi connectivity index (χ1v) is 6.76. The number of hydrogen-bond donors (Lipinski definition) is 1. The minimum Gasteiger partial charge on any atom is -0.478 e. The van der Waals surface area contributed by atoms with Crippen molar-refractivity contribution < 1.29 is 19.1 Å². The molecule has 0 unspecified atom stereocenters. The average molecular weight is 267 g/mol. The van der Waals surface area contributed by atoms with Gasteiger partial charge < -0.3 is 14.3 Å². The van der Waals surface area contributed by atoms with E-state index in [9.17, 15) is 4.79 Å². The van der Waals surface area contributed by atoms with Gasteiger partial charge in [-0.05, 0) is 32.8 Å². The van der Waals surface area contributed by atoms with Crippen molar-refractivity contribution in [2.45, 2.75) is 39.3 Å². The van der Waals surface area contributed by atoms with E-state index >= 15 is 0 Å². The maximum absolute atomic E-state index is 11.0. The molecule has 0 bridgehead atoms. The molecule has 1 saturated heterocycles.